The molecule has 1 saturated heterocycles. The summed E-state index contributed by atoms with van der Waals surface area (Å²) in [7, 11) is 2.16. The number of nitrogens with zero attached hydrogens (tertiary/aromatic N) is 1. The van der Waals surface area contributed by atoms with Crippen molar-refractivity contribution in [2.75, 3.05) is 33.3 Å². The van der Waals surface area contributed by atoms with Gasteiger partial charge in [-0.2, -0.15) is 0 Å². The van der Waals surface area contributed by atoms with Crippen LogP contribution in [0.25, 0.3) is 0 Å². The summed E-state index contributed by atoms with van der Waals surface area (Å²) in [5.41, 5.74) is 1.10. The predicted molar refractivity (Wildman–Crippen MR) is 81.2 cm³/mol. The number of hydrogen-bond donors (Lipinski definition) is 2. The van der Waals surface area contributed by atoms with Crippen molar-refractivity contribution in [3.63, 3.8) is 0 Å². The highest BCUT2D eigenvalue weighted by atomic mass is 16.5. The maximum Gasteiger partial charge on any atom is 0.122 e. The van der Waals surface area contributed by atoms with E-state index in [1.165, 1.54) is 19.4 Å². The Kier molecular flexibility index (Phi) is 5.83. The van der Waals surface area contributed by atoms with Gasteiger partial charge in [0.15, 0.2) is 0 Å². The number of aliphatic hydroxyl groups is 1. The first-order chi connectivity index (χ1) is 9.66. The molecule has 0 spiro atoms. The van der Waals surface area contributed by atoms with E-state index in [1.807, 2.05) is 31.2 Å². The van der Waals surface area contributed by atoms with Gasteiger partial charge in [0, 0.05) is 19.1 Å². The first-order valence-electron chi connectivity index (χ1n) is 7.44. The van der Waals surface area contributed by atoms with Crippen molar-refractivity contribution in [2.45, 2.75) is 31.9 Å². The highest BCUT2D eigenvalue weighted by molar-refractivity contribution is 5.31. The van der Waals surface area contributed by atoms with E-state index in [1.54, 1.807) is 0 Å². The lowest BCUT2D eigenvalue weighted by atomic mass is 10.2. The minimum absolute atomic E-state index is 0.332. The first-order valence-corrected chi connectivity index (χ1v) is 7.44. The Morgan fingerprint density at radius 1 is 1.45 bits per heavy atom. The molecule has 2 atom stereocenters. The quantitative estimate of drug-likeness (QED) is 0.792. The molecule has 1 aromatic carbocycles. The second kappa shape index (κ2) is 7.62. The summed E-state index contributed by atoms with van der Waals surface area (Å²) in [5.74, 6) is 0.849. The molecule has 0 radical (unpaired) electrons. The van der Waals surface area contributed by atoms with Crippen molar-refractivity contribution in [1.82, 2.24) is 10.2 Å². The van der Waals surface area contributed by atoms with Crippen molar-refractivity contribution >= 4 is 0 Å². The highest BCUT2D eigenvalue weighted by Gasteiger charge is 2.20. The van der Waals surface area contributed by atoms with Gasteiger partial charge in [-0.25, -0.2) is 0 Å². The molecule has 1 aliphatic rings. The Balaban J connectivity index is 1.63. The fourth-order valence-corrected chi connectivity index (χ4v) is 2.62. The number of aliphatic hydroxyl groups excluding tert-OH is 1. The van der Waals surface area contributed by atoms with Crippen LogP contribution < -0.4 is 10.1 Å². The lowest BCUT2D eigenvalue weighted by molar-refractivity contribution is 0.104. The minimum Gasteiger partial charge on any atom is -0.491 e. The molecule has 0 amide bonds. The summed E-state index contributed by atoms with van der Waals surface area (Å²) >= 11 is 0. The van der Waals surface area contributed by atoms with E-state index in [0.717, 1.165) is 17.9 Å². The van der Waals surface area contributed by atoms with E-state index in [9.17, 15) is 5.11 Å². The topological polar surface area (TPSA) is 44.7 Å². The van der Waals surface area contributed by atoms with Crippen LogP contribution in [0.2, 0.25) is 0 Å². The molecule has 1 heterocycles. The van der Waals surface area contributed by atoms with E-state index in [0.29, 0.717) is 19.2 Å². The number of rotatable bonds is 7. The number of ether oxygens (including phenoxy) is 1. The smallest absolute Gasteiger partial charge is 0.122 e. The lowest BCUT2D eigenvalue weighted by Gasteiger charge is -2.21. The third-order valence-electron chi connectivity index (χ3n) is 3.96. The highest BCUT2D eigenvalue weighted by Crippen LogP contribution is 2.16. The summed E-state index contributed by atoms with van der Waals surface area (Å²) in [4.78, 5) is 2.38. The van der Waals surface area contributed by atoms with Crippen LogP contribution in [0.4, 0.5) is 0 Å². The third-order valence-corrected chi connectivity index (χ3v) is 3.96. The number of para-hydroxylation sites is 1. The predicted octanol–water partition coefficient (Wildman–Crippen LogP) is 1.42. The molecule has 4 nitrogen and oxygen atoms in total. The Bertz CT molecular complexity index is 411. The molecule has 0 saturated carbocycles. The van der Waals surface area contributed by atoms with Crippen molar-refractivity contribution in [3.05, 3.63) is 29.8 Å². The largest absolute Gasteiger partial charge is 0.491 e. The standard InChI is InChI=1S/C16H26N2O2/c1-13-6-3-4-8-16(13)20-12-15(19)11-17-10-14-7-5-9-18(14)2/h3-4,6,8,14-15,17,19H,5,7,9-12H2,1-2H3. The maximum atomic E-state index is 9.94. The molecule has 112 valence electrons. The molecule has 0 aromatic heterocycles. The Morgan fingerprint density at radius 2 is 2.25 bits per heavy atom. The lowest BCUT2D eigenvalue weighted by Crippen LogP contribution is -2.39. The van der Waals surface area contributed by atoms with Gasteiger partial charge >= 0.3 is 0 Å². The van der Waals surface area contributed by atoms with Crippen LogP contribution >= 0.6 is 0 Å². The summed E-state index contributed by atoms with van der Waals surface area (Å²) in [5, 5.41) is 13.3. The number of nitrogens with one attached hydrogen (secondary N) is 1. The van der Waals surface area contributed by atoms with Crippen LogP contribution in [0.15, 0.2) is 24.3 Å². The molecule has 0 bridgehead atoms. The van der Waals surface area contributed by atoms with Gasteiger partial charge in [-0.15, -0.1) is 0 Å². The maximum absolute atomic E-state index is 9.94. The Morgan fingerprint density at radius 3 is 2.95 bits per heavy atom. The second-order valence-corrected chi connectivity index (χ2v) is 5.67. The average Bonchev–Trinajstić information content (AvgIpc) is 2.84. The number of aryl methyl sites for hydroxylation is 1. The number of likely N-dealkylation sites (N-methyl/N-ethyl adjacent to an activating group) is 1. The number of benzene rings is 1. The summed E-state index contributed by atoms with van der Waals surface area (Å²) in [6, 6.07) is 8.49. The third kappa shape index (κ3) is 4.47. The minimum atomic E-state index is -0.471. The summed E-state index contributed by atoms with van der Waals surface area (Å²) in [6.07, 6.45) is 2.06. The van der Waals surface area contributed by atoms with Crippen LogP contribution in [0.5, 0.6) is 5.75 Å². The number of likely N-dealkylation sites (tertiary alicyclic amines) is 1. The molecule has 4 heteroatoms. The average molecular weight is 278 g/mol. The normalized spacial score (nSPS) is 21.1. The van der Waals surface area contributed by atoms with Crippen molar-refractivity contribution in [2.24, 2.45) is 0 Å². The fourth-order valence-electron chi connectivity index (χ4n) is 2.62. The van der Waals surface area contributed by atoms with Gasteiger partial charge in [0.1, 0.15) is 18.5 Å². The molecule has 2 rings (SSSR count). The summed E-state index contributed by atoms with van der Waals surface area (Å²) < 4.78 is 5.64. The van der Waals surface area contributed by atoms with Crippen LogP contribution in [0.3, 0.4) is 0 Å². The monoisotopic (exact) mass is 278 g/mol. The molecule has 1 aromatic rings. The van der Waals surface area contributed by atoms with Gasteiger partial charge in [-0.1, -0.05) is 18.2 Å². The molecule has 2 N–H and O–H groups in total. The van der Waals surface area contributed by atoms with Gasteiger partial charge in [-0.3, -0.25) is 0 Å². The van der Waals surface area contributed by atoms with Crippen LogP contribution in [0.1, 0.15) is 18.4 Å². The molecule has 0 aliphatic carbocycles. The van der Waals surface area contributed by atoms with Crippen molar-refractivity contribution < 1.29 is 9.84 Å². The Hall–Kier alpha value is -1.10. The zero-order valence-electron chi connectivity index (χ0n) is 12.5. The molecular formula is C16H26N2O2. The van der Waals surface area contributed by atoms with Crippen LogP contribution in [-0.4, -0.2) is 55.4 Å². The SMILES string of the molecule is Cc1ccccc1OCC(O)CNCC1CCCN1C. The van der Waals surface area contributed by atoms with Crippen molar-refractivity contribution in [3.8, 4) is 5.75 Å². The van der Waals surface area contributed by atoms with Gasteiger partial charge in [0.25, 0.3) is 0 Å². The fraction of sp³-hybridized carbons (Fsp3) is 0.625. The summed E-state index contributed by atoms with van der Waals surface area (Å²) in [6.45, 7) is 5.05. The molecule has 1 aliphatic heterocycles. The van der Waals surface area contributed by atoms with E-state index in [4.69, 9.17) is 4.74 Å². The zero-order chi connectivity index (χ0) is 14.4. The van der Waals surface area contributed by atoms with E-state index in [2.05, 4.69) is 17.3 Å². The molecule has 2 unspecified atom stereocenters. The van der Waals surface area contributed by atoms with E-state index < -0.39 is 6.10 Å². The molecule has 1 fully saturated rings. The first kappa shape index (κ1) is 15.3. The Labute approximate surface area is 121 Å². The molecule has 20 heavy (non-hydrogen) atoms. The van der Waals surface area contributed by atoms with Gasteiger partial charge < -0.3 is 20.1 Å². The van der Waals surface area contributed by atoms with Gasteiger partial charge in [0.2, 0.25) is 0 Å². The van der Waals surface area contributed by atoms with Gasteiger partial charge in [0.05, 0.1) is 0 Å². The number of hydrogen-bond acceptors (Lipinski definition) is 4. The van der Waals surface area contributed by atoms with E-state index in [-0.39, 0.29) is 0 Å². The van der Waals surface area contributed by atoms with Crippen LogP contribution in [0, 0.1) is 6.92 Å². The van der Waals surface area contributed by atoms with Crippen molar-refractivity contribution in [1.29, 1.82) is 0 Å². The van der Waals surface area contributed by atoms with Gasteiger partial charge in [-0.05, 0) is 45.0 Å². The van der Waals surface area contributed by atoms with E-state index >= 15 is 0 Å². The van der Waals surface area contributed by atoms with Crippen LogP contribution in [-0.2, 0) is 0 Å². The zero-order valence-corrected chi connectivity index (χ0v) is 12.5. The second-order valence-electron chi connectivity index (χ2n) is 5.67. The molecular weight excluding hydrogens is 252 g/mol.